The summed E-state index contributed by atoms with van der Waals surface area (Å²) >= 11 is 5.83. The van der Waals surface area contributed by atoms with Crippen molar-refractivity contribution >= 4 is 38.9 Å². The summed E-state index contributed by atoms with van der Waals surface area (Å²) in [6.07, 6.45) is 0. The molecular weight excluding hydrogens is 444 g/mol. The lowest BCUT2D eigenvalue weighted by molar-refractivity contribution is -0.384. The van der Waals surface area contributed by atoms with Crippen molar-refractivity contribution < 1.29 is 18.1 Å². The van der Waals surface area contributed by atoms with Crippen LogP contribution in [0.15, 0.2) is 36.4 Å². The highest BCUT2D eigenvalue weighted by atomic mass is 35.5. The maximum absolute atomic E-state index is 12.9. The highest BCUT2D eigenvalue weighted by Crippen LogP contribution is 2.34. The Morgan fingerprint density at radius 2 is 1.97 bits per heavy atom. The molecule has 0 atom stereocenters. The van der Waals surface area contributed by atoms with Crippen molar-refractivity contribution in [2.24, 2.45) is 0 Å². The van der Waals surface area contributed by atoms with Crippen LogP contribution < -0.4 is 5.32 Å². The zero-order valence-corrected chi connectivity index (χ0v) is 18.1. The van der Waals surface area contributed by atoms with Crippen molar-refractivity contribution in [2.45, 2.75) is 25.4 Å². The molecule has 11 heteroatoms. The number of aryl methyl sites for hydroxylation is 1. The summed E-state index contributed by atoms with van der Waals surface area (Å²) in [6, 6.07) is 9.31. The number of hydrogen-bond acceptors (Lipinski definition) is 6. The molecule has 0 saturated heterocycles. The number of nitrogens with zero attached hydrogens (tertiary/aromatic N) is 3. The standard InChI is InChI=1S/C20H17ClN4O5S/c1-11-4-3-5-17(12(11)2)24-19(14-9-31(29,30)10-16(14)23-24)22-20(26)13-6-7-15(21)18(8-13)25(27)28/h3-8H,9-10H2,1-2H3,(H,22,26). The molecule has 0 bridgehead atoms. The van der Waals surface area contributed by atoms with Gasteiger partial charge in [-0.1, -0.05) is 23.7 Å². The molecule has 2 heterocycles. The van der Waals surface area contributed by atoms with Crippen LogP contribution in [0.5, 0.6) is 0 Å². The molecule has 0 fully saturated rings. The van der Waals surface area contributed by atoms with Gasteiger partial charge in [0.05, 0.1) is 27.8 Å². The minimum Gasteiger partial charge on any atom is -0.306 e. The number of nitrogens with one attached hydrogen (secondary N) is 1. The van der Waals surface area contributed by atoms with Crippen molar-refractivity contribution in [3.05, 3.63) is 79.5 Å². The number of sulfone groups is 1. The van der Waals surface area contributed by atoms with Crippen LogP contribution in [0.1, 0.15) is 32.7 Å². The van der Waals surface area contributed by atoms with Crippen LogP contribution in [0.25, 0.3) is 5.69 Å². The van der Waals surface area contributed by atoms with Crippen LogP contribution in [0, 0.1) is 24.0 Å². The van der Waals surface area contributed by atoms with Crippen LogP contribution in [0.2, 0.25) is 5.02 Å². The molecule has 1 aliphatic rings. The molecule has 1 amide bonds. The first kappa shape index (κ1) is 21.0. The molecule has 0 saturated carbocycles. The number of carbonyl (C=O) groups is 1. The predicted octanol–water partition coefficient (Wildman–Crippen LogP) is 3.73. The summed E-state index contributed by atoms with van der Waals surface area (Å²) in [6.45, 7) is 3.84. The molecule has 1 aliphatic heterocycles. The Balaban J connectivity index is 1.81. The Bertz CT molecular complexity index is 1360. The first-order valence-electron chi connectivity index (χ1n) is 9.20. The number of carbonyl (C=O) groups excluding carboxylic acids is 1. The first-order chi connectivity index (χ1) is 14.6. The lowest BCUT2D eigenvalue weighted by Gasteiger charge is -2.14. The summed E-state index contributed by atoms with van der Waals surface area (Å²) in [4.78, 5) is 23.4. The minimum atomic E-state index is -3.36. The van der Waals surface area contributed by atoms with Crippen LogP contribution in [-0.4, -0.2) is 29.0 Å². The van der Waals surface area contributed by atoms with E-state index in [1.54, 1.807) is 0 Å². The Morgan fingerprint density at radius 1 is 1.23 bits per heavy atom. The molecule has 1 N–H and O–H groups in total. The van der Waals surface area contributed by atoms with Gasteiger partial charge in [0.15, 0.2) is 9.84 Å². The Morgan fingerprint density at radius 3 is 2.68 bits per heavy atom. The fourth-order valence-electron chi connectivity index (χ4n) is 3.48. The number of hydrogen-bond donors (Lipinski definition) is 1. The SMILES string of the molecule is Cc1cccc(-n2nc3c(c2NC(=O)c2ccc(Cl)c([N+](=O)[O-])c2)CS(=O)(=O)C3)c1C. The summed E-state index contributed by atoms with van der Waals surface area (Å²) in [5.41, 5.74) is 3.03. The second-order valence-corrected chi connectivity index (χ2v) is 9.79. The number of amides is 1. The molecule has 160 valence electrons. The maximum atomic E-state index is 12.9. The topological polar surface area (TPSA) is 124 Å². The lowest BCUT2D eigenvalue weighted by Crippen LogP contribution is -2.17. The quantitative estimate of drug-likeness (QED) is 0.467. The van der Waals surface area contributed by atoms with Crippen molar-refractivity contribution in [2.75, 3.05) is 5.32 Å². The van der Waals surface area contributed by atoms with Gasteiger partial charge in [0, 0.05) is 17.2 Å². The van der Waals surface area contributed by atoms with E-state index in [0.29, 0.717) is 16.9 Å². The fraction of sp³-hybridized carbons (Fsp3) is 0.200. The average Bonchev–Trinajstić information content (AvgIpc) is 3.16. The van der Waals surface area contributed by atoms with Gasteiger partial charge >= 0.3 is 0 Å². The van der Waals surface area contributed by atoms with E-state index in [4.69, 9.17) is 11.6 Å². The van der Waals surface area contributed by atoms with Gasteiger partial charge < -0.3 is 5.32 Å². The van der Waals surface area contributed by atoms with Gasteiger partial charge in [-0.15, -0.1) is 0 Å². The van der Waals surface area contributed by atoms with E-state index >= 15 is 0 Å². The smallest absolute Gasteiger partial charge is 0.288 e. The van der Waals surface area contributed by atoms with E-state index in [1.807, 2.05) is 32.0 Å². The molecule has 0 radical (unpaired) electrons. The van der Waals surface area contributed by atoms with E-state index < -0.39 is 26.4 Å². The summed E-state index contributed by atoms with van der Waals surface area (Å²) in [5, 5.41) is 18.2. The third-order valence-corrected chi connectivity index (χ3v) is 6.99. The van der Waals surface area contributed by atoms with E-state index in [-0.39, 0.29) is 27.9 Å². The molecule has 0 aliphatic carbocycles. The van der Waals surface area contributed by atoms with Gasteiger partial charge in [0.1, 0.15) is 10.8 Å². The zero-order valence-electron chi connectivity index (χ0n) is 16.5. The molecular formula is C20H17ClN4O5S. The summed E-state index contributed by atoms with van der Waals surface area (Å²) in [7, 11) is -3.36. The maximum Gasteiger partial charge on any atom is 0.288 e. The third-order valence-electron chi connectivity index (χ3n) is 5.23. The van der Waals surface area contributed by atoms with Gasteiger partial charge in [-0.25, -0.2) is 13.1 Å². The third kappa shape index (κ3) is 3.79. The number of halogens is 1. The minimum absolute atomic E-state index is 0.0134. The van der Waals surface area contributed by atoms with E-state index in [2.05, 4.69) is 10.4 Å². The average molecular weight is 461 g/mol. The fourth-order valence-corrected chi connectivity index (χ4v) is 5.16. The first-order valence-corrected chi connectivity index (χ1v) is 11.4. The van der Waals surface area contributed by atoms with Crippen LogP contribution >= 0.6 is 11.6 Å². The van der Waals surface area contributed by atoms with Crippen molar-refractivity contribution in [1.82, 2.24) is 9.78 Å². The second kappa shape index (κ2) is 7.47. The molecule has 0 spiro atoms. The number of rotatable bonds is 4. The van der Waals surface area contributed by atoms with Crippen LogP contribution in [0.4, 0.5) is 11.5 Å². The number of fused-ring (bicyclic) bond motifs is 1. The predicted molar refractivity (Wildman–Crippen MR) is 115 cm³/mol. The van der Waals surface area contributed by atoms with Gasteiger partial charge in [0.25, 0.3) is 11.6 Å². The molecule has 31 heavy (non-hydrogen) atoms. The molecule has 1 aromatic heterocycles. The molecule has 0 unspecified atom stereocenters. The Labute approximate surface area is 182 Å². The van der Waals surface area contributed by atoms with Gasteiger partial charge in [-0.3, -0.25) is 14.9 Å². The van der Waals surface area contributed by atoms with Gasteiger partial charge in [-0.05, 0) is 43.2 Å². The Kier molecular flexibility index (Phi) is 5.06. The van der Waals surface area contributed by atoms with Gasteiger partial charge in [0.2, 0.25) is 0 Å². The van der Waals surface area contributed by atoms with Crippen molar-refractivity contribution in [1.29, 1.82) is 0 Å². The second-order valence-electron chi connectivity index (χ2n) is 7.31. The normalized spacial score (nSPS) is 14.3. The van der Waals surface area contributed by atoms with E-state index in [1.165, 1.54) is 16.8 Å². The highest BCUT2D eigenvalue weighted by molar-refractivity contribution is 7.90. The highest BCUT2D eigenvalue weighted by Gasteiger charge is 2.33. The number of nitro benzene ring substituents is 1. The molecule has 4 rings (SSSR count). The van der Waals surface area contributed by atoms with Crippen LogP contribution in [-0.2, 0) is 21.3 Å². The van der Waals surface area contributed by atoms with Gasteiger partial charge in [-0.2, -0.15) is 5.10 Å². The van der Waals surface area contributed by atoms with E-state index in [9.17, 15) is 23.3 Å². The molecule has 2 aromatic carbocycles. The Hall–Kier alpha value is -3.24. The van der Waals surface area contributed by atoms with Crippen LogP contribution in [0.3, 0.4) is 0 Å². The summed E-state index contributed by atoms with van der Waals surface area (Å²) < 4.78 is 25.8. The monoisotopic (exact) mass is 460 g/mol. The van der Waals surface area contributed by atoms with Crippen molar-refractivity contribution in [3.8, 4) is 5.69 Å². The summed E-state index contributed by atoms with van der Waals surface area (Å²) in [5.74, 6) is -0.871. The number of benzene rings is 2. The largest absolute Gasteiger partial charge is 0.306 e. The molecule has 3 aromatic rings. The lowest BCUT2D eigenvalue weighted by atomic mass is 10.1. The number of aromatic nitrogens is 2. The zero-order chi connectivity index (χ0) is 22.5. The van der Waals surface area contributed by atoms with Crippen molar-refractivity contribution in [3.63, 3.8) is 0 Å². The van der Waals surface area contributed by atoms with E-state index in [0.717, 1.165) is 17.2 Å². The molecule has 9 nitrogen and oxygen atoms in total. The number of nitro groups is 1. The number of anilines is 1.